The molecule has 0 aliphatic carbocycles. The molecule has 112 valence electrons. The highest BCUT2D eigenvalue weighted by atomic mass is 31.2. The van der Waals surface area contributed by atoms with E-state index in [1.165, 1.54) is 0 Å². The van der Waals surface area contributed by atoms with Gasteiger partial charge >= 0.3 is 7.60 Å². The van der Waals surface area contributed by atoms with Gasteiger partial charge in [0.25, 0.3) is 0 Å². The van der Waals surface area contributed by atoms with E-state index >= 15 is 0 Å². The van der Waals surface area contributed by atoms with Crippen molar-refractivity contribution in [1.82, 2.24) is 0 Å². The Morgan fingerprint density at radius 1 is 0.810 bits per heavy atom. The van der Waals surface area contributed by atoms with E-state index in [1.807, 2.05) is 74.5 Å². The van der Waals surface area contributed by atoms with Gasteiger partial charge in [-0.05, 0) is 25.0 Å². The Balaban J connectivity index is 2.52. The van der Waals surface area contributed by atoms with E-state index in [0.29, 0.717) is 13.2 Å². The van der Waals surface area contributed by atoms with E-state index in [1.54, 1.807) is 0 Å². The van der Waals surface area contributed by atoms with Crippen LogP contribution in [-0.4, -0.2) is 13.2 Å². The average molecular weight is 304 g/mol. The minimum atomic E-state index is -3.27. The SMILES string of the molecule is CCOP(=O)(OCC)C(c1ccccc1)c1ccccc1. The van der Waals surface area contributed by atoms with Crippen LogP contribution in [0.3, 0.4) is 0 Å². The molecule has 0 amide bonds. The highest BCUT2D eigenvalue weighted by molar-refractivity contribution is 7.54. The molecule has 21 heavy (non-hydrogen) atoms. The highest BCUT2D eigenvalue weighted by Crippen LogP contribution is 2.63. The van der Waals surface area contributed by atoms with Crippen molar-refractivity contribution in [2.75, 3.05) is 13.2 Å². The van der Waals surface area contributed by atoms with E-state index in [-0.39, 0.29) is 0 Å². The van der Waals surface area contributed by atoms with E-state index < -0.39 is 13.3 Å². The Labute approximate surface area is 126 Å². The van der Waals surface area contributed by atoms with Crippen LogP contribution < -0.4 is 0 Å². The summed E-state index contributed by atoms with van der Waals surface area (Å²) in [7, 11) is -3.27. The summed E-state index contributed by atoms with van der Waals surface area (Å²) in [4.78, 5) is 0. The number of benzene rings is 2. The molecule has 0 aliphatic rings. The molecular formula is C17H21O3P. The summed E-state index contributed by atoms with van der Waals surface area (Å²) in [5.41, 5.74) is 1.47. The third-order valence-corrected chi connectivity index (χ3v) is 5.63. The zero-order valence-corrected chi connectivity index (χ0v) is 13.3. The molecule has 0 saturated carbocycles. The molecule has 0 saturated heterocycles. The molecule has 0 unspecified atom stereocenters. The van der Waals surface area contributed by atoms with Gasteiger partial charge in [-0.15, -0.1) is 0 Å². The molecule has 2 aromatic carbocycles. The minimum absolute atomic E-state index is 0.355. The molecule has 0 aromatic heterocycles. The van der Waals surface area contributed by atoms with Crippen molar-refractivity contribution in [3.8, 4) is 0 Å². The summed E-state index contributed by atoms with van der Waals surface area (Å²) in [6, 6.07) is 19.5. The van der Waals surface area contributed by atoms with E-state index in [2.05, 4.69) is 0 Å². The molecule has 0 heterocycles. The van der Waals surface area contributed by atoms with Gasteiger partial charge in [0, 0.05) is 0 Å². The summed E-state index contributed by atoms with van der Waals surface area (Å²) in [5.74, 6) is 0. The van der Waals surface area contributed by atoms with E-state index in [9.17, 15) is 4.57 Å². The van der Waals surface area contributed by atoms with Gasteiger partial charge in [0.15, 0.2) is 0 Å². The third kappa shape index (κ3) is 3.82. The molecule has 0 atom stereocenters. The lowest BCUT2D eigenvalue weighted by Crippen LogP contribution is -2.08. The van der Waals surface area contributed by atoms with Gasteiger partial charge in [0.1, 0.15) is 5.66 Å². The van der Waals surface area contributed by atoms with Crippen molar-refractivity contribution in [1.29, 1.82) is 0 Å². The smallest absolute Gasteiger partial charge is 0.308 e. The van der Waals surface area contributed by atoms with Crippen LogP contribution in [0, 0.1) is 0 Å². The molecule has 0 N–H and O–H groups in total. The topological polar surface area (TPSA) is 35.5 Å². The first-order chi connectivity index (χ1) is 10.2. The Morgan fingerprint density at radius 3 is 1.52 bits per heavy atom. The van der Waals surface area contributed by atoms with Crippen LogP contribution in [0.5, 0.6) is 0 Å². The molecule has 0 aliphatic heterocycles. The van der Waals surface area contributed by atoms with Gasteiger partial charge in [-0.3, -0.25) is 4.57 Å². The highest BCUT2D eigenvalue weighted by Gasteiger charge is 2.37. The normalized spacial score (nSPS) is 11.8. The maximum absolute atomic E-state index is 13.3. The Kier molecular flexibility index (Phi) is 5.75. The van der Waals surface area contributed by atoms with Gasteiger partial charge in [-0.1, -0.05) is 60.7 Å². The van der Waals surface area contributed by atoms with Crippen LogP contribution in [0.15, 0.2) is 60.7 Å². The van der Waals surface area contributed by atoms with Crippen LogP contribution >= 0.6 is 7.60 Å². The van der Waals surface area contributed by atoms with Crippen LogP contribution in [0.1, 0.15) is 30.6 Å². The first-order valence-corrected chi connectivity index (χ1v) is 8.81. The van der Waals surface area contributed by atoms with Gasteiger partial charge in [-0.25, -0.2) is 0 Å². The van der Waals surface area contributed by atoms with E-state index in [4.69, 9.17) is 9.05 Å². The van der Waals surface area contributed by atoms with Gasteiger partial charge in [-0.2, -0.15) is 0 Å². The van der Waals surface area contributed by atoms with Crippen molar-refractivity contribution in [2.24, 2.45) is 0 Å². The molecular weight excluding hydrogens is 283 g/mol. The van der Waals surface area contributed by atoms with Crippen LogP contribution in [0.25, 0.3) is 0 Å². The van der Waals surface area contributed by atoms with Crippen LogP contribution in [-0.2, 0) is 13.6 Å². The minimum Gasteiger partial charge on any atom is -0.308 e. The maximum Gasteiger partial charge on any atom is 0.342 e. The second-order valence-electron chi connectivity index (χ2n) is 4.60. The zero-order chi connectivity index (χ0) is 15.1. The molecule has 3 nitrogen and oxygen atoms in total. The summed E-state index contributed by atoms with van der Waals surface area (Å²) in [5, 5.41) is 0. The largest absolute Gasteiger partial charge is 0.342 e. The second-order valence-corrected chi connectivity index (χ2v) is 6.71. The lowest BCUT2D eigenvalue weighted by molar-refractivity contribution is 0.215. The van der Waals surface area contributed by atoms with E-state index in [0.717, 1.165) is 11.1 Å². The summed E-state index contributed by atoms with van der Waals surface area (Å²) in [6.45, 7) is 4.37. The first kappa shape index (κ1) is 16.0. The summed E-state index contributed by atoms with van der Waals surface area (Å²) >= 11 is 0. The predicted octanol–water partition coefficient (Wildman–Crippen LogP) is 5.04. The monoisotopic (exact) mass is 304 g/mol. The van der Waals surface area contributed by atoms with Crippen molar-refractivity contribution >= 4 is 7.60 Å². The maximum atomic E-state index is 13.3. The lowest BCUT2D eigenvalue weighted by atomic mass is 10.0. The second kappa shape index (κ2) is 7.56. The predicted molar refractivity (Wildman–Crippen MR) is 85.6 cm³/mol. The third-order valence-electron chi connectivity index (χ3n) is 3.16. The molecule has 0 spiro atoms. The van der Waals surface area contributed by atoms with Crippen molar-refractivity contribution in [2.45, 2.75) is 19.5 Å². The number of rotatable bonds is 7. The van der Waals surface area contributed by atoms with Crippen molar-refractivity contribution in [3.05, 3.63) is 71.8 Å². The van der Waals surface area contributed by atoms with Crippen LogP contribution in [0.4, 0.5) is 0 Å². The average Bonchev–Trinajstić information content (AvgIpc) is 2.50. The lowest BCUT2D eigenvalue weighted by Gasteiger charge is -2.27. The van der Waals surface area contributed by atoms with Crippen LogP contribution in [0.2, 0.25) is 0 Å². The molecule has 0 fully saturated rings. The molecule has 0 bridgehead atoms. The van der Waals surface area contributed by atoms with Gasteiger partial charge in [0.05, 0.1) is 13.2 Å². The van der Waals surface area contributed by atoms with Gasteiger partial charge < -0.3 is 9.05 Å². The zero-order valence-electron chi connectivity index (χ0n) is 12.4. The summed E-state index contributed by atoms with van der Waals surface area (Å²) < 4.78 is 24.4. The Hall–Kier alpha value is -1.41. The van der Waals surface area contributed by atoms with Gasteiger partial charge in [0.2, 0.25) is 0 Å². The number of hydrogen-bond donors (Lipinski definition) is 0. The summed E-state index contributed by atoms with van der Waals surface area (Å²) in [6.07, 6.45) is 0. The number of hydrogen-bond acceptors (Lipinski definition) is 3. The molecule has 0 radical (unpaired) electrons. The molecule has 4 heteroatoms. The Bertz CT molecular complexity index is 534. The molecule has 2 rings (SSSR count). The first-order valence-electron chi connectivity index (χ1n) is 7.20. The fraction of sp³-hybridized carbons (Fsp3) is 0.294. The van der Waals surface area contributed by atoms with Crippen molar-refractivity contribution in [3.63, 3.8) is 0 Å². The standard InChI is InChI=1S/C17H21O3P/c1-3-19-21(18,20-4-2)17(15-11-7-5-8-12-15)16-13-9-6-10-14-16/h5-14,17H,3-4H2,1-2H3. The fourth-order valence-corrected chi connectivity index (χ4v) is 4.54. The Morgan fingerprint density at radius 2 is 1.19 bits per heavy atom. The molecule has 2 aromatic rings. The fourth-order valence-electron chi connectivity index (χ4n) is 2.37. The van der Waals surface area contributed by atoms with Crippen molar-refractivity contribution < 1.29 is 13.6 Å². The quantitative estimate of drug-likeness (QED) is 0.672.